The zero-order valence-electron chi connectivity index (χ0n) is 64.9. The van der Waals surface area contributed by atoms with Gasteiger partial charge in [0.15, 0.2) is 12.4 Å². The van der Waals surface area contributed by atoms with Crippen LogP contribution in [0, 0.1) is 0 Å². The second-order valence-corrected chi connectivity index (χ2v) is 27.2. The number of quaternary nitrogens is 1. The van der Waals surface area contributed by atoms with Crippen molar-refractivity contribution in [2.24, 2.45) is 0 Å². The first kappa shape index (κ1) is 94.9. The van der Waals surface area contributed by atoms with Gasteiger partial charge in [-0.05, 0) is 148 Å². The van der Waals surface area contributed by atoms with E-state index in [4.69, 9.17) is 18.9 Å². The Balaban J connectivity index is 4.14. The summed E-state index contributed by atoms with van der Waals surface area (Å²) in [5.41, 5.74) is 0. The van der Waals surface area contributed by atoms with Gasteiger partial charge in [-0.2, -0.15) is 0 Å². The van der Waals surface area contributed by atoms with E-state index in [9.17, 15) is 19.5 Å². The van der Waals surface area contributed by atoms with Gasteiger partial charge in [0.25, 0.3) is 0 Å². The van der Waals surface area contributed by atoms with E-state index in [1.165, 1.54) is 103 Å². The highest BCUT2D eigenvalue weighted by Crippen LogP contribution is 2.17. The maximum absolute atomic E-state index is 13.0. The van der Waals surface area contributed by atoms with E-state index in [1.807, 2.05) is 21.1 Å². The summed E-state index contributed by atoms with van der Waals surface area (Å²) in [5.74, 6) is -2.31. The van der Waals surface area contributed by atoms with Crippen molar-refractivity contribution in [1.82, 2.24) is 0 Å². The molecule has 2 unspecified atom stereocenters. The lowest BCUT2D eigenvalue weighted by Crippen LogP contribution is -2.44. The van der Waals surface area contributed by atoms with Gasteiger partial charge >= 0.3 is 11.9 Å². The molecule has 0 bridgehead atoms. The van der Waals surface area contributed by atoms with Crippen LogP contribution in [0.1, 0.15) is 296 Å². The van der Waals surface area contributed by atoms with Crippen LogP contribution in [0.2, 0.25) is 0 Å². The SMILES string of the molecule is CC/C=C\C/C=C\C/C=C\C/C=C\C/C=C\C/C=C\C/C=C\C/C=C\C/C=C\C/C=C\C/C=C\CCCCCCCCCC(=O)OC(COC(=O)CCCCCCCCCCCCCCCCCC/C=C\C/C=C\C/C=C\C/C=C\C/C=C\C/C=C\CC)COC(OCC[N+](C)(C)C)C(=O)[O-]. The van der Waals surface area contributed by atoms with Gasteiger partial charge in [0, 0.05) is 12.8 Å². The van der Waals surface area contributed by atoms with E-state index in [1.54, 1.807) is 0 Å². The monoisotopic (exact) mass is 1390 g/mol. The number of ether oxygens (including phenoxy) is 4. The highest BCUT2D eigenvalue weighted by atomic mass is 16.7. The third-order valence-corrected chi connectivity index (χ3v) is 16.5. The van der Waals surface area contributed by atoms with Crippen molar-refractivity contribution < 1.29 is 42.9 Å². The number of carbonyl (C=O) groups is 3. The molecule has 0 aliphatic rings. The van der Waals surface area contributed by atoms with Gasteiger partial charge < -0.3 is 33.3 Å². The fourth-order valence-corrected chi connectivity index (χ4v) is 10.5. The second kappa shape index (κ2) is 79.6. The summed E-state index contributed by atoms with van der Waals surface area (Å²) < 4.78 is 22.8. The minimum Gasteiger partial charge on any atom is -0.545 e. The molecule has 101 heavy (non-hydrogen) atoms. The summed E-state index contributed by atoms with van der Waals surface area (Å²) in [6.07, 6.45) is 121. The summed E-state index contributed by atoms with van der Waals surface area (Å²) >= 11 is 0. The summed E-state index contributed by atoms with van der Waals surface area (Å²) in [6, 6.07) is 0. The van der Waals surface area contributed by atoms with E-state index in [-0.39, 0.29) is 38.6 Å². The second-order valence-electron chi connectivity index (χ2n) is 27.2. The van der Waals surface area contributed by atoms with Crippen LogP contribution in [0.15, 0.2) is 207 Å². The largest absolute Gasteiger partial charge is 0.545 e. The molecule has 9 heteroatoms. The molecule has 0 amide bonds. The highest BCUT2D eigenvalue weighted by molar-refractivity contribution is 5.70. The van der Waals surface area contributed by atoms with Gasteiger partial charge in [-0.15, -0.1) is 0 Å². The van der Waals surface area contributed by atoms with Crippen LogP contribution < -0.4 is 5.11 Å². The van der Waals surface area contributed by atoms with E-state index in [0.29, 0.717) is 17.4 Å². The van der Waals surface area contributed by atoms with Crippen molar-refractivity contribution in [1.29, 1.82) is 0 Å². The predicted octanol–water partition coefficient (Wildman–Crippen LogP) is 24.9. The number of carbonyl (C=O) groups excluding carboxylic acids is 3. The topological polar surface area (TPSA) is 111 Å². The molecule has 0 aromatic heterocycles. The molecule has 0 spiro atoms. The van der Waals surface area contributed by atoms with E-state index in [2.05, 4.69) is 220 Å². The number of allylic oxidation sites excluding steroid dienone is 34. The normalized spacial score (nSPS) is 13.8. The van der Waals surface area contributed by atoms with E-state index < -0.39 is 24.3 Å². The first-order valence-corrected chi connectivity index (χ1v) is 40.2. The molecule has 568 valence electrons. The fourth-order valence-electron chi connectivity index (χ4n) is 10.5. The minimum atomic E-state index is -1.64. The quantitative estimate of drug-likeness (QED) is 0.0195. The van der Waals surface area contributed by atoms with Crippen LogP contribution >= 0.6 is 0 Å². The maximum Gasteiger partial charge on any atom is 0.306 e. The number of carboxylic acid groups (broad SMARTS) is 1. The van der Waals surface area contributed by atoms with Crippen LogP contribution in [0.3, 0.4) is 0 Å². The van der Waals surface area contributed by atoms with Crippen LogP contribution in [0.4, 0.5) is 0 Å². The number of likely N-dealkylation sites (N-methyl/N-ethyl adjacent to an activating group) is 1. The number of esters is 2. The molecule has 0 rings (SSSR count). The fraction of sp³-hybridized carbons (Fsp3) is 0.598. The highest BCUT2D eigenvalue weighted by Gasteiger charge is 2.22. The molecule has 0 saturated heterocycles. The molecular formula is C92H147NO8. The van der Waals surface area contributed by atoms with Gasteiger partial charge in [0.2, 0.25) is 0 Å². The Morgan fingerprint density at radius 2 is 0.535 bits per heavy atom. The van der Waals surface area contributed by atoms with Gasteiger partial charge in [0.05, 0.1) is 40.3 Å². The maximum atomic E-state index is 13.0. The lowest BCUT2D eigenvalue weighted by Gasteiger charge is -2.26. The Bertz CT molecular complexity index is 2420. The third kappa shape index (κ3) is 81.0. The van der Waals surface area contributed by atoms with Crippen LogP contribution in [0.5, 0.6) is 0 Å². The molecule has 0 heterocycles. The Morgan fingerprint density at radius 1 is 0.297 bits per heavy atom. The first-order valence-electron chi connectivity index (χ1n) is 40.2. The zero-order chi connectivity index (χ0) is 73.2. The van der Waals surface area contributed by atoms with Gasteiger partial charge in [-0.25, -0.2) is 0 Å². The van der Waals surface area contributed by atoms with Crippen molar-refractivity contribution in [3.63, 3.8) is 0 Å². The molecule has 0 N–H and O–H groups in total. The number of unbranched alkanes of at least 4 members (excludes halogenated alkanes) is 23. The van der Waals surface area contributed by atoms with Crippen molar-refractivity contribution in [2.45, 2.75) is 309 Å². The van der Waals surface area contributed by atoms with Crippen molar-refractivity contribution in [3.05, 3.63) is 207 Å². The number of aliphatic carboxylic acids is 1. The van der Waals surface area contributed by atoms with Crippen LogP contribution in [0.25, 0.3) is 0 Å². The lowest BCUT2D eigenvalue weighted by atomic mass is 10.0. The summed E-state index contributed by atoms with van der Waals surface area (Å²) in [4.78, 5) is 37.6. The third-order valence-electron chi connectivity index (χ3n) is 16.5. The standard InChI is InChI=1S/C92H147NO8/c1-6-8-10-12-14-16-18-20-22-24-26-28-30-32-34-36-38-40-42-43-44-45-46-47-49-51-53-55-57-59-61-63-65-67-69-71-73-75-77-79-81-83-90(95)101-88(87-100-92(91(96)97)98-85-84-93(3,4)5)86-99-89(94)82-80-78-76-74-72-70-68-66-64-62-60-58-56-54-52-50-48-41-39-37-35-33-31-29-27-25-23-21-19-17-15-13-11-9-7-2/h8-11,14-17,20-23,26-29,32-35,38-41,43-44,46-47,51,53,57,59,63,65,88,92H,6-7,12-13,18-19,24-25,30-31,36-37,42,45,48-50,52,54-56,58,60-62,64,66-87H2,1-5H3/b10-8-,11-9-,16-14-,17-15-,22-20-,23-21-,28-26-,29-27-,34-32-,35-33-,40-38-,41-39-,44-43-,47-46-,53-51-,59-57-,65-63-. The molecule has 0 saturated carbocycles. The lowest BCUT2D eigenvalue weighted by molar-refractivity contribution is -0.870. The molecular weight excluding hydrogens is 1250 g/mol. The van der Waals surface area contributed by atoms with Gasteiger partial charge in [0.1, 0.15) is 13.2 Å². The summed E-state index contributed by atoms with van der Waals surface area (Å²) in [5, 5.41) is 11.9. The molecule has 0 aromatic carbocycles. The molecule has 0 radical (unpaired) electrons. The van der Waals surface area contributed by atoms with E-state index >= 15 is 0 Å². The van der Waals surface area contributed by atoms with Crippen molar-refractivity contribution >= 4 is 17.9 Å². The molecule has 0 aliphatic carbocycles. The van der Waals surface area contributed by atoms with Crippen LogP contribution in [-0.4, -0.2) is 82.3 Å². The Labute approximate surface area is 620 Å². The van der Waals surface area contributed by atoms with Gasteiger partial charge in [-0.3, -0.25) is 9.59 Å². The molecule has 0 aromatic rings. The number of rotatable bonds is 72. The predicted molar refractivity (Wildman–Crippen MR) is 434 cm³/mol. The van der Waals surface area contributed by atoms with E-state index in [0.717, 1.165) is 161 Å². The summed E-state index contributed by atoms with van der Waals surface area (Å²) in [6.45, 7) is 4.50. The average molecular weight is 1400 g/mol. The molecule has 0 fully saturated rings. The number of hydrogen-bond donors (Lipinski definition) is 0. The molecule has 9 nitrogen and oxygen atoms in total. The average Bonchev–Trinajstić information content (AvgIpc) is 1.21. The number of nitrogens with zero attached hydrogens (tertiary/aromatic N) is 1. The summed E-state index contributed by atoms with van der Waals surface area (Å²) in [7, 11) is 5.92. The smallest absolute Gasteiger partial charge is 0.306 e. The molecule has 2 atom stereocenters. The van der Waals surface area contributed by atoms with Crippen LogP contribution in [-0.2, 0) is 33.3 Å². The number of carboxylic acids is 1. The molecule has 0 aliphatic heterocycles. The minimum absolute atomic E-state index is 0.136. The Kier molecular flexibility index (Phi) is 74.7. The Hall–Kier alpha value is -6.13. The van der Waals surface area contributed by atoms with Crippen molar-refractivity contribution in [3.8, 4) is 0 Å². The first-order chi connectivity index (χ1) is 49.6. The van der Waals surface area contributed by atoms with Gasteiger partial charge in [-0.1, -0.05) is 342 Å². The zero-order valence-corrected chi connectivity index (χ0v) is 64.9. The number of hydrogen-bond acceptors (Lipinski definition) is 8. The van der Waals surface area contributed by atoms with Crippen molar-refractivity contribution in [2.75, 3.05) is 47.5 Å². The Morgan fingerprint density at radius 3 is 0.792 bits per heavy atom.